The Morgan fingerprint density at radius 3 is 1.70 bits per heavy atom. The number of amides is 5. The van der Waals surface area contributed by atoms with E-state index in [4.69, 9.17) is 42.1 Å². The monoisotopic (exact) mass is 1310 g/mol. The van der Waals surface area contributed by atoms with E-state index in [0.717, 1.165) is 0 Å². The summed E-state index contributed by atoms with van der Waals surface area (Å²) in [5.41, 5.74) is 0. The SMILES string of the molecule is CC(=O)NCCCCCC(=O)N1CC(O[P+](=O)OC[C@@H]2C[C@@H](C)CN2C(=O)CCCCCCC(=O)[C@H](CCCCNC(=O)CCCCOC2OC(CO)C(O)C(O)C2C)NC(=O)CCCCOC2OC(CO)C(O)C(O)C2C)C[C@H]1COP(C)(=O)OCCO. The van der Waals surface area contributed by atoms with Gasteiger partial charge in [0.05, 0.1) is 69.9 Å². The van der Waals surface area contributed by atoms with E-state index >= 15 is 0 Å². The molecule has 0 saturated carbocycles. The summed E-state index contributed by atoms with van der Waals surface area (Å²) >= 11 is 0. The predicted octanol–water partition coefficient (Wildman–Crippen LogP) is 2.63. The van der Waals surface area contributed by atoms with Crippen LogP contribution in [0.1, 0.15) is 163 Å². The fraction of sp³-hybridized carbons (Fsp3) is 0.898. The van der Waals surface area contributed by atoms with Gasteiger partial charge in [0.2, 0.25) is 29.5 Å². The van der Waals surface area contributed by atoms with Crippen molar-refractivity contribution in [2.75, 3.05) is 85.7 Å². The standard InChI is InChI=1S/C59H105N5O23P2/c1-39-31-43(37-82-88(78)87-45-32-44(38-84-89(5,79)83-30-27-65)64(34-45)53(73)24-11-8-15-25-60-42(4)68)63(33-39)52(72)23-10-7-6-9-20-47(69)46(62-51(71)22-14-18-29-81-59-41(3)55(75)57(77)49(36-67)86-59)19-12-16-26-61-50(70)21-13-17-28-80-58-40(2)54(74)56(76)48(35-66)85-58/h39-41,43-46,48-49,54-59,65-67,74-77H,6-38H2,1-5H3,(H2-,60,61,62,68,70,71)/p+1/t39-,40?,41?,43+,44+,45?,46+,48?,49?,54?,55?,56?,57?,58?,59?,89?/m1/s1. The van der Waals surface area contributed by atoms with E-state index in [1.807, 2.05) is 6.92 Å². The number of carbonyl (C=O) groups is 6. The number of Topliss-reactive ketones (excluding diaryl/α,β-unsaturated/α-hetero) is 1. The molecule has 28 nitrogen and oxygen atoms in total. The lowest BCUT2D eigenvalue weighted by Gasteiger charge is -2.40. The minimum Gasteiger partial charge on any atom is -0.394 e. The van der Waals surface area contributed by atoms with Gasteiger partial charge in [0.1, 0.15) is 37.1 Å². The minimum atomic E-state index is -3.55. The van der Waals surface area contributed by atoms with E-state index < -0.39 is 108 Å². The van der Waals surface area contributed by atoms with Gasteiger partial charge in [0, 0.05) is 101 Å². The lowest BCUT2D eigenvalue weighted by Crippen LogP contribution is -2.55. The van der Waals surface area contributed by atoms with Crippen LogP contribution in [-0.4, -0.2) is 240 Å². The maximum absolute atomic E-state index is 13.7. The summed E-state index contributed by atoms with van der Waals surface area (Å²) < 4.78 is 71.1. The zero-order valence-corrected chi connectivity index (χ0v) is 54.7. The lowest BCUT2D eigenvalue weighted by molar-refractivity contribution is -0.282. The summed E-state index contributed by atoms with van der Waals surface area (Å²) in [5, 5.41) is 77.5. The molecule has 4 aliphatic rings. The Morgan fingerprint density at radius 1 is 0.607 bits per heavy atom. The maximum Gasteiger partial charge on any atom is 0.697 e. The lowest BCUT2D eigenvalue weighted by atomic mass is 9.92. The van der Waals surface area contributed by atoms with E-state index in [9.17, 15) is 68.5 Å². The van der Waals surface area contributed by atoms with E-state index in [0.29, 0.717) is 116 Å². The second-order valence-corrected chi connectivity index (χ2v) is 27.2. The van der Waals surface area contributed by atoms with Gasteiger partial charge in [-0.05, 0) is 83.0 Å². The average molecular weight is 1320 g/mol. The number of nitrogens with one attached hydrogen (secondary N) is 3. The van der Waals surface area contributed by atoms with Crippen molar-refractivity contribution in [1.29, 1.82) is 0 Å². The van der Waals surface area contributed by atoms with Crippen molar-refractivity contribution in [2.24, 2.45) is 17.8 Å². The number of carbonyl (C=O) groups excluding carboxylic acids is 6. The van der Waals surface area contributed by atoms with Gasteiger partial charge in [-0.2, -0.15) is 0 Å². The Balaban J connectivity index is 1.19. The smallest absolute Gasteiger partial charge is 0.394 e. The fourth-order valence-electron chi connectivity index (χ4n) is 11.4. The number of ketones is 1. The van der Waals surface area contributed by atoms with Crippen molar-refractivity contribution in [2.45, 2.75) is 236 Å². The molecule has 89 heavy (non-hydrogen) atoms. The van der Waals surface area contributed by atoms with Crippen LogP contribution in [0.25, 0.3) is 0 Å². The molecule has 13 unspecified atom stereocenters. The molecule has 17 atom stereocenters. The highest BCUT2D eigenvalue weighted by Crippen LogP contribution is 2.45. The van der Waals surface area contributed by atoms with Crippen LogP contribution < -0.4 is 16.0 Å². The van der Waals surface area contributed by atoms with Gasteiger partial charge in [-0.1, -0.05) is 40.0 Å². The molecular weight excluding hydrogens is 1210 g/mol. The number of nitrogens with zero attached hydrogens (tertiary/aromatic N) is 2. The van der Waals surface area contributed by atoms with Crippen LogP contribution in [0.5, 0.6) is 0 Å². The Labute approximate surface area is 525 Å². The second-order valence-electron chi connectivity index (χ2n) is 24.3. The molecule has 4 fully saturated rings. The van der Waals surface area contributed by atoms with E-state index in [1.54, 1.807) is 23.6 Å². The van der Waals surface area contributed by atoms with Crippen LogP contribution >= 0.6 is 15.9 Å². The zero-order valence-electron chi connectivity index (χ0n) is 52.9. The van der Waals surface area contributed by atoms with E-state index in [2.05, 4.69) is 16.0 Å². The number of aliphatic hydroxyl groups excluding tert-OH is 7. The highest BCUT2D eigenvalue weighted by atomic mass is 31.2. The number of aliphatic hydroxyl groups is 7. The summed E-state index contributed by atoms with van der Waals surface area (Å²) in [6.07, 6.45) is 0.619. The number of hydrogen-bond donors (Lipinski definition) is 10. The molecule has 0 bridgehead atoms. The number of hydrogen-bond acceptors (Lipinski definition) is 23. The zero-order chi connectivity index (χ0) is 65.5. The molecule has 4 heterocycles. The van der Waals surface area contributed by atoms with Gasteiger partial charge in [-0.15, -0.1) is 9.05 Å². The van der Waals surface area contributed by atoms with Gasteiger partial charge in [-0.3, -0.25) is 33.3 Å². The van der Waals surface area contributed by atoms with Crippen LogP contribution in [0.15, 0.2) is 0 Å². The van der Waals surface area contributed by atoms with Crippen molar-refractivity contribution in [3.63, 3.8) is 0 Å². The first-order valence-electron chi connectivity index (χ1n) is 32.1. The number of rotatable bonds is 45. The Hall–Kier alpha value is -3.25. The van der Waals surface area contributed by atoms with Crippen molar-refractivity contribution < 1.29 is 111 Å². The molecule has 5 amide bonds. The maximum atomic E-state index is 13.7. The molecule has 0 aromatic carbocycles. The second kappa shape index (κ2) is 42.2. The first kappa shape index (κ1) is 78.2. The molecule has 4 aliphatic heterocycles. The van der Waals surface area contributed by atoms with Crippen molar-refractivity contribution in [3.05, 3.63) is 0 Å². The molecule has 0 aromatic heterocycles. The quantitative estimate of drug-likeness (QED) is 0.0309. The molecule has 4 saturated heterocycles. The molecule has 30 heteroatoms. The summed E-state index contributed by atoms with van der Waals surface area (Å²) in [6, 6.07) is -1.66. The van der Waals surface area contributed by atoms with Crippen LogP contribution in [0.2, 0.25) is 0 Å². The third-order valence-electron chi connectivity index (χ3n) is 16.7. The first-order valence-corrected chi connectivity index (χ1v) is 35.2. The summed E-state index contributed by atoms with van der Waals surface area (Å²) in [5.74, 6) is -1.89. The summed E-state index contributed by atoms with van der Waals surface area (Å²) in [4.78, 5) is 81.1. The van der Waals surface area contributed by atoms with Crippen LogP contribution in [0.3, 0.4) is 0 Å². The Kier molecular flexibility index (Phi) is 37.0. The molecule has 514 valence electrons. The number of likely N-dealkylation sites (tertiary alicyclic amines) is 2. The molecule has 10 N–H and O–H groups in total. The van der Waals surface area contributed by atoms with E-state index in [-0.39, 0.29) is 132 Å². The van der Waals surface area contributed by atoms with E-state index in [1.165, 1.54) is 13.6 Å². The third-order valence-corrected chi connectivity index (χ3v) is 18.8. The molecule has 0 radical (unpaired) electrons. The van der Waals surface area contributed by atoms with Crippen molar-refractivity contribution in [3.8, 4) is 0 Å². The molecule has 4 rings (SSSR count). The van der Waals surface area contributed by atoms with Gasteiger partial charge >= 0.3 is 15.9 Å². The summed E-state index contributed by atoms with van der Waals surface area (Å²) in [7, 11) is -6.22. The largest absolute Gasteiger partial charge is 0.697 e. The van der Waals surface area contributed by atoms with Crippen LogP contribution in [-0.2, 0) is 74.9 Å². The van der Waals surface area contributed by atoms with Crippen molar-refractivity contribution in [1.82, 2.24) is 25.8 Å². The topological polar surface area (TPSA) is 395 Å². The number of ether oxygens (including phenoxy) is 4. The highest BCUT2D eigenvalue weighted by molar-refractivity contribution is 7.52. The van der Waals surface area contributed by atoms with Gasteiger partial charge < -0.3 is 89.5 Å². The van der Waals surface area contributed by atoms with Crippen LogP contribution in [0.4, 0.5) is 0 Å². The molecule has 0 spiro atoms. The summed E-state index contributed by atoms with van der Waals surface area (Å²) in [6.45, 7) is 8.30. The number of unbranched alkanes of at least 4 members (excludes halogenated alkanes) is 8. The van der Waals surface area contributed by atoms with Gasteiger partial charge in [0.15, 0.2) is 18.4 Å². The molecular formula is C59H106N5O23P2+. The van der Waals surface area contributed by atoms with Gasteiger partial charge in [-0.25, -0.2) is 0 Å². The van der Waals surface area contributed by atoms with Crippen LogP contribution in [0, 0.1) is 17.8 Å². The normalized spacial score (nSPS) is 28.3. The molecule has 0 aromatic rings. The Morgan fingerprint density at radius 2 is 1.12 bits per heavy atom. The first-order chi connectivity index (χ1) is 42.5. The fourth-order valence-corrected chi connectivity index (χ4v) is 13.1. The Bertz CT molecular complexity index is 2190. The molecule has 0 aliphatic carbocycles. The highest BCUT2D eigenvalue weighted by Gasteiger charge is 2.45. The predicted molar refractivity (Wildman–Crippen MR) is 322 cm³/mol. The van der Waals surface area contributed by atoms with Gasteiger partial charge in [0.25, 0.3) is 0 Å². The average Bonchev–Trinajstić information content (AvgIpc) is 2.34. The van der Waals surface area contributed by atoms with Crippen molar-refractivity contribution >= 4 is 51.2 Å². The minimum absolute atomic E-state index is 0.0284. The third kappa shape index (κ3) is 28.5.